The summed E-state index contributed by atoms with van der Waals surface area (Å²) in [6.07, 6.45) is 4.16. The van der Waals surface area contributed by atoms with Crippen LogP contribution < -0.4 is 5.32 Å². The standard InChI is InChI=1S/C22H22F2N4O3S2/c1-27-13-10-25-22(27)32-18-5-3-17(4-6-18)26-21(29)15-8-11-28(12-9-15)33(30,31)20-14-16(23)2-7-19(20)24/h2-7,10,13-15H,8-9,11-12H2,1H3,(H,26,29). The molecule has 1 aromatic heterocycles. The Hall–Kier alpha value is -2.76. The molecule has 1 saturated heterocycles. The monoisotopic (exact) mass is 492 g/mol. The molecule has 2 aromatic carbocycles. The summed E-state index contributed by atoms with van der Waals surface area (Å²) in [6, 6.07) is 9.72. The third-order valence-electron chi connectivity index (χ3n) is 5.44. The molecule has 0 atom stereocenters. The van der Waals surface area contributed by atoms with Gasteiger partial charge in [-0.15, -0.1) is 0 Å². The van der Waals surface area contributed by atoms with E-state index in [9.17, 15) is 22.0 Å². The molecule has 1 N–H and O–H groups in total. The van der Waals surface area contributed by atoms with Crippen molar-refractivity contribution in [1.29, 1.82) is 0 Å². The van der Waals surface area contributed by atoms with E-state index in [2.05, 4.69) is 10.3 Å². The lowest BCUT2D eigenvalue weighted by Crippen LogP contribution is -2.41. The van der Waals surface area contributed by atoms with Crippen LogP contribution in [0.1, 0.15) is 12.8 Å². The zero-order chi connectivity index (χ0) is 23.6. The van der Waals surface area contributed by atoms with Crippen LogP contribution in [0.25, 0.3) is 0 Å². The molecule has 33 heavy (non-hydrogen) atoms. The second-order valence-electron chi connectivity index (χ2n) is 7.69. The fourth-order valence-electron chi connectivity index (χ4n) is 3.58. The van der Waals surface area contributed by atoms with Crippen molar-refractivity contribution in [3.8, 4) is 0 Å². The zero-order valence-corrected chi connectivity index (χ0v) is 19.4. The highest BCUT2D eigenvalue weighted by Gasteiger charge is 2.33. The molecule has 0 saturated carbocycles. The molecule has 2 heterocycles. The van der Waals surface area contributed by atoms with Crippen molar-refractivity contribution in [3.05, 3.63) is 66.5 Å². The largest absolute Gasteiger partial charge is 0.329 e. The van der Waals surface area contributed by atoms with Crippen molar-refractivity contribution in [1.82, 2.24) is 13.9 Å². The maximum atomic E-state index is 14.0. The molecule has 0 aliphatic carbocycles. The number of benzene rings is 2. The Labute approximate surface area is 194 Å². The number of amides is 1. The van der Waals surface area contributed by atoms with Gasteiger partial charge in [0.25, 0.3) is 0 Å². The molecule has 174 valence electrons. The molecule has 0 spiro atoms. The molecular weight excluding hydrogens is 470 g/mol. The third-order valence-corrected chi connectivity index (χ3v) is 8.44. The lowest BCUT2D eigenvalue weighted by Gasteiger charge is -2.30. The summed E-state index contributed by atoms with van der Waals surface area (Å²) in [6.45, 7) is 0.102. The van der Waals surface area contributed by atoms with E-state index in [1.807, 2.05) is 29.9 Å². The third kappa shape index (κ3) is 5.26. The Morgan fingerprint density at radius 3 is 2.45 bits per heavy atom. The average Bonchev–Trinajstić information content (AvgIpc) is 3.21. The fourth-order valence-corrected chi connectivity index (χ4v) is 5.93. The molecule has 3 aromatic rings. The zero-order valence-electron chi connectivity index (χ0n) is 17.7. The number of piperidine rings is 1. The van der Waals surface area contributed by atoms with Gasteiger partial charge in [0.05, 0.1) is 0 Å². The van der Waals surface area contributed by atoms with Gasteiger partial charge in [-0.05, 0) is 55.3 Å². The second kappa shape index (κ2) is 9.62. The summed E-state index contributed by atoms with van der Waals surface area (Å²) in [5.74, 6) is -2.40. The van der Waals surface area contributed by atoms with E-state index in [0.717, 1.165) is 26.5 Å². The maximum absolute atomic E-state index is 14.0. The van der Waals surface area contributed by atoms with Crippen LogP contribution >= 0.6 is 11.8 Å². The molecule has 7 nitrogen and oxygen atoms in total. The Morgan fingerprint density at radius 1 is 1.12 bits per heavy atom. The first-order chi connectivity index (χ1) is 15.7. The van der Waals surface area contributed by atoms with Gasteiger partial charge in [0.2, 0.25) is 15.9 Å². The number of hydrogen-bond acceptors (Lipinski definition) is 5. The molecule has 1 aliphatic rings. The maximum Gasteiger partial charge on any atom is 0.246 e. The Morgan fingerprint density at radius 2 is 1.82 bits per heavy atom. The van der Waals surface area contributed by atoms with E-state index in [1.165, 1.54) is 11.8 Å². The normalized spacial score (nSPS) is 15.5. The van der Waals surface area contributed by atoms with Gasteiger partial charge >= 0.3 is 0 Å². The summed E-state index contributed by atoms with van der Waals surface area (Å²) in [5.41, 5.74) is 0.640. The topological polar surface area (TPSA) is 84.3 Å². The van der Waals surface area contributed by atoms with Crippen LogP contribution in [0, 0.1) is 17.6 Å². The van der Waals surface area contributed by atoms with Crippen LogP contribution in [-0.4, -0.2) is 41.3 Å². The molecule has 0 unspecified atom stereocenters. The predicted molar refractivity (Wildman–Crippen MR) is 120 cm³/mol. The summed E-state index contributed by atoms with van der Waals surface area (Å²) in [7, 11) is -2.26. The highest BCUT2D eigenvalue weighted by molar-refractivity contribution is 7.99. The predicted octanol–water partition coefficient (Wildman–Crippen LogP) is 3.89. The molecular formula is C22H22F2N4O3S2. The average molecular weight is 493 g/mol. The van der Waals surface area contributed by atoms with Crippen LogP contribution in [-0.2, 0) is 21.9 Å². The van der Waals surface area contributed by atoms with Crippen LogP contribution in [0.2, 0.25) is 0 Å². The minimum atomic E-state index is -4.18. The summed E-state index contributed by atoms with van der Waals surface area (Å²) >= 11 is 1.51. The molecule has 1 aliphatic heterocycles. The van der Waals surface area contributed by atoms with Crippen molar-refractivity contribution in [2.75, 3.05) is 18.4 Å². The number of carbonyl (C=O) groups is 1. The van der Waals surface area contributed by atoms with Gasteiger partial charge in [-0.25, -0.2) is 22.2 Å². The lowest BCUT2D eigenvalue weighted by atomic mass is 9.97. The number of aryl methyl sites for hydroxylation is 1. The lowest BCUT2D eigenvalue weighted by molar-refractivity contribution is -0.120. The highest BCUT2D eigenvalue weighted by atomic mass is 32.2. The van der Waals surface area contributed by atoms with Crippen LogP contribution in [0.15, 0.2) is 69.8 Å². The van der Waals surface area contributed by atoms with Crippen LogP contribution in [0.3, 0.4) is 0 Å². The Kier molecular flexibility index (Phi) is 6.82. The van der Waals surface area contributed by atoms with Gasteiger partial charge in [0.1, 0.15) is 16.5 Å². The number of rotatable bonds is 6. The number of hydrogen-bond donors (Lipinski definition) is 1. The molecule has 4 rings (SSSR count). The highest BCUT2D eigenvalue weighted by Crippen LogP contribution is 2.29. The van der Waals surface area contributed by atoms with Gasteiger partial charge < -0.3 is 9.88 Å². The Bertz CT molecular complexity index is 1250. The number of halogens is 2. The van der Waals surface area contributed by atoms with Gasteiger partial charge in [-0.1, -0.05) is 11.8 Å². The number of nitrogens with zero attached hydrogens (tertiary/aromatic N) is 3. The van der Waals surface area contributed by atoms with Gasteiger partial charge in [-0.2, -0.15) is 4.31 Å². The van der Waals surface area contributed by atoms with E-state index >= 15 is 0 Å². The van der Waals surface area contributed by atoms with E-state index < -0.39 is 26.6 Å². The van der Waals surface area contributed by atoms with Crippen molar-refractivity contribution in [2.24, 2.45) is 13.0 Å². The SMILES string of the molecule is Cn1ccnc1Sc1ccc(NC(=O)C2CCN(S(=O)(=O)c3cc(F)ccc3F)CC2)cc1. The van der Waals surface area contributed by atoms with Crippen molar-refractivity contribution < 1.29 is 22.0 Å². The molecule has 11 heteroatoms. The van der Waals surface area contributed by atoms with E-state index in [1.54, 1.807) is 18.3 Å². The number of carbonyl (C=O) groups excluding carboxylic acids is 1. The minimum absolute atomic E-state index is 0.0512. The summed E-state index contributed by atoms with van der Waals surface area (Å²) in [5, 5.41) is 3.72. The minimum Gasteiger partial charge on any atom is -0.329 e. The van der Waals surface area contributed by atoms with Gasteiger partial charge in [-0.3, -0.25) is 4.79 Å². The number of anilines is 1. The second-order valence-corrected chi connectivity index (χ2v) is 10.6. The van der Waals surface area contributed by atoms with E-state index in [0.29, 0.717) is 11.8 Å². The van der Waals surface area contributed by atoms with Gasteiger partial charge in [0, 0.05) is 49.0 Å². The molecule has 1 amide bonds. The number of nitrogens with one attached hydrogen (secondary N) is 1. The summed E-state index contributed by atoms with van der Waals surface area (Å²) in [4.78, 5) is 17.2. The first-order valence-electron chi connectivity index (χ1n) is 10.3. The fraction of sp³-hybridized carbons (Fsp3) is 0.273. The van der Waals surface area contributed by atoms with Crippen LogP contribution in [0.5, 0.6) is 0 Å². The number of imidazole rings is 1. The summed E-state index contributed by atoms with van der Waals surface area (Å²) < 4.78 is 55.8. The van der Waals surface area contributed by atoms with Crippen LogP contribution in [0.4, 0.5) is 14.5 Å². The quantitative estimate of drug-likeness (QED) is 0.565. The van der Waals surface area contributed by atoms with Crippen molar-refractivity contribution >= 4 is 33.4 Å². The molecule has 0 radical (unpaired) electrons. The smallest absolute Gasteiger partial charge is 0.246 e. The van der Waals surface area contributed by atoms with Gasteiger partial charge in [0.15, 0.2) is 5.16 Å². The van der Waals surface area contributed by atoms with E-state index in [4.69, 9.17) is 0 Å². The Balaban J connectivity index is 1.34. The van der Waals surface area contributed by atoms with E-state index in [-0.39, 0.29) is 37.8 Å². The molecule has 1 fully saturated rings. The molecule has 0 bridgehead atoms. The number of aromatic nitrogens is 2. The van der Waals surface area contributed by atoms with Crippen molar-refractivity contribution in [2.45, 2.75) is 27.8 Å². The first kappa shape index (κ1) is 23.4. The first-order valence-corrected chi connectivity index (χ1v) is 12.5. The number of sulfonamides is 1. The van der Waals surface area contributed by atoms with Crippen molar-refractivity contribution in [3.63, 3.8) is 0 Å².